The third-order valence-electron chi connectivity index (χ3n) is 3.67. The second-order valence-electron chi connectivity index (χ2n) is 5.81. The molecule has 106 valence electrons. The second kappa shape index (κ2) is 6.70. The van der Waals surface area contributed by atoms with Crippen molar-refractivity contribution >= 4 is 31.9 Å². The molecule has 1 saturated heterocycles. The van der Waals surface area contributed by atoms with Gasteiger partial charge in [0, 0.05) is 27.6 Å². The Bertz CT molecular complexity index is 434. The highest BCUT2D eigenvalue weighted by Gasteiger charge is 2.30. The molecule has 0 saturated carbocycles. The number of rotatable bonds is 3. The van der Waals surface area contributed by atoms with Crippen LogP contribution in [0.4, 0.5) is 0 Å². The predicted molar refractivity (Wildman–Crippen MR) is 88.2 cm³/mol. The number of halogens is 2. The van der Waals surface area contributed by atoms with Crippen molar-refractivity contribution in [2.24, 2.45) is 11.7 Å². The highest BCUT2D eigenvalue weighted by Crippen LogP contribution is 2.34. The zero-order chi connectivity index (χ0) is 14.0. The van der Waals surface area contributed by atoms with Gasteiger partial charge in [-0.25, -0.2) is 0 Å². The van der Waals surface area contributed by atoms with Gasteiger partial charge in [0.1, 0.15) is 0 Å². The van der Waals surface area contributed by atoms with Crippen molar-refractivity contribution in [2.45, 2.75) is 38.8 Å². The average molecular weight is 390 g/mol. The molecule has 0 bridgehead atoms. The van der Waals surface area contributed by atoms with Crippen LogP contribution in [0, 0.1) is 5.92 Å². The summed E-state index contributed by atoms with van der Waals surface area (Å²) >= 11 is 7.13. The Labute approximate surface area is 133 Å². The standard InChI is InChI=1S/C15H22Br2N2/c1-10(2)9-19-7-3-4-14(18)15(19)11-5-6-12(16)13(17)8-11/h5-6,8,10,14-15H,3-4,7,9,18H2,1-2H3. The molecule has 1 aromatic rings. The molecule has 1 aliphatic heterocycles. The monoisotopic (exact) mass is 388 g/mol. The number of likely N-dealkylation sites (tertiary alicyclic amines) is 1. The van der Waals surface area contributed by atoms with Crippen LogP contribution in [-0.4, -0.2) is 24.0 Å². The van der Waals surface area contributed by atoms with E-state index in [-0.39, 0.29) is 6.04 Å². The number of hydrogen-bond acceptors (Lipinski definition) is 2. The molecule has 19 heavy (non-hydrogen) atoms. The molecular formula is C15H22Br2N2. The van der Waals surface area contributed by atoms with Crippen molar-refractivity contribution in [1.29, 1.82) is 0 Å². The van der Waals surface area contributed by atoms with Crippen molar-refractivity contribution < 1.29 is 0 Å². The van der Waals surface area contributed by atoms with Crippen molar-refractivity contribution in [3.63, 3.8) is 0 Å². The van der Waals surface area contributed by atoms with Crippen LogP contribution in [0.15, 0.2) is 27.1 Å². The van der Waals surface area contributed by atoms with Gasteiger partial charge in [0.05, 0.1) is 0 Å². The molecule has 0 amide bonds. The van der Waals surface area contributed by atoms with Crippen LogP contribution < -0.4 is 5.73 Å². The Balaban J connectivity index is 2.27. The Morgan fingerprint density at radius 2 is 2.05 bits per heavy atom. The molecule has 2 nitrogen and oxygen atoms in total. The van der Waals surface area contributed by atoms with Crippen LogP contribution >= 0.6 is 31.9 Å². The van der Waals surface area contributed by atoms with E-state index in [9.17, 15) is 0 Å². The first-order valence-corrected chi connectivity index (χ1v) is 8.52. The molecule has 1 aliphatic rings. The summed E-state index contributed by atoms with van der Waals surface area (Å²) in [6.45, 7) is 6.82. The van der Waals surface area contributed by atoms with Crippen LogP contribution in [0.25, 0.3) is 0 Å². The summed E-state index contributed by atoms with van der Waals surface area (Å²) in [6.07, 6.45) is 2.33. The third kappa shape index (κ3) is 3.81. The Morgan fingerprint density at radius 3 is 2.68 bits per heavy atom. The molecule has 4 heteroatoms. The number of piperidine rings is 1. The minimum Gasteiger partial charge on any atom is -0.326 e. The molecule has 1 aromatic carbocycles. The molecule has 2 atom stereocenters. The lowest BCUT2D eigenvalue weighted by molar-refractivity contribution is 0.114. The smallest absolute Gasteiger partial charge is 0.0499 e. The minimum atomic E-state index is 0.237. The molecule has 2 N–H and O–H groups in total. The largest absolute Gasteiger partial charge is 0.326 e. The highest BCUT2D eigenvalue weighted by molar-refractivity contribution is 9.13. The van der Waals surface area contributed by atoms with Crippen LogP contribution in [-0.2, 0) is 0 Å². The van der Waals surface area contributed by atoms with Gasteiger partial charge in [-0.15, -0.1) is 0 Å². The lowest BCUT2D eigenvalue weighted by atomic mass is 9.90. The summed E-state index contributed by atoms with van der Waals surface area (Å²) in [6, 6.07) is 7.08. The van der Waals surface area contributed by atoms with Crippen molar-refractivity contribution in [1.82, 2.24) is 4.90 Å². The zero-order valence-electron chi connectivity index (χ0n) is 11.6. The molecule has 0 radical (unpaired) electrons. The summed E-state index contributed by atoms with van der Waals surface area (Å²) < 4.78 is 2.20. The van der Waals surface area contributed by atoms with Crippen LogP contribution in [0.1, 0.15) is 38.3 Å². The van der Waals surface area contributed by atoms with E-state index < -0.39 is 0 Å². The quantitative estimate of drug-likeness (QED) is 0.833. The summed E-state index contributed by atoms with van der Waals surface area (Å²) in [7, 11) is 0. The first kappa shape index (κ1) is 15.5. The van der Waals surface area contributed by atoms with Gasteiger partial charge in [-0.2, -0.15) is 0 Å². The predicted octanol–water partition coefficient (Wildman–Crippen LogP) is 4.33. The van der Waals surface area contributed by atoms with E-state index in [1.54, 1.807) is 0 Å². The lowest BCUT2D eigenvalue weighted by Crippen LogP contribution is -2.47. The minimum absolute atomic E-state index is 0.237. The van der Waals surface area contributed by atoms with Gasteiger partial charge in [-0.3, -0.25) is 4.90 Å². The first-order chi connectivity index (χ1) is 8.99. The fourth-order valence-electron chi connectivity index (χ4n) is 2.93. The van der Waals surface area contributed by atoms with Crippen molar-refractivity contribution in [3.05, 3.63) is 32.7 Å². The van der Waals surface area contributed by atoms with Gasteiger partial charge in [-0.05, 0) is 74.9 Å². The van der Waals surface area contributed by atoms with Gasteiger partial charge >= 0.3 is 0 Å². The van der Waals surface area contributed by atoms with Crippen LogP contribution in [0.2, 0.25) is 0 Å². The number of nitrogens with two attached hydrogens (primary N) is 1. The van der Waals surface area contributed by atoms with Gasteiger partial charge < -0.3 is 5.73 Å². The molecule has 0 aromatic heterocycles. The number of benzene rings is 1. The molecule has 1 fully saturated rings. The summed E-state index contributed by atoms with van der Waals surface area (Å²) in [5.41, 5.74) is 7.72. The van der Waals surface area contributed by atoms with Crippen LogP contribution in [0.5, 0.6) is 0 Å². The Morgan fingerprint density at radius 1 is 1.32 bits per heavy atom. The zero-order valence-corrected chi connectivity index (χ0v) is 14.7. The highest BCUT2D eigenvalue weighted by atomic mass is 79.9. The lowest BCUT2D eigenvalue weighted by Gasteiger charge is -2.41. The molecular weight excluding hydrogens is 368 g/mol. The molecule has 2 rings (SSSR count). The van der Waals surface area contributed by atoms with E-state index in [0.29, 0.717) is 12.0 Å². The topological polar surface area (TPSA) is 29.3 Å². The summed E-state index contributed by atoms with van der Waals surface area (Å²) in [5, 5.41) is 0. The fraction of sp³-hybridized carbons (Fsp3) is 0.600. The van der Waals surface area contributed by atoms with E-state index >= 15 is 0 Å². The summed E-state index contributed by atoms with van der Waals surface area (Å²) in [4.78, 5) is 2.55. The van der Waals surface area contributed by atoms with E-state index in [4.69, 9.17) is 5.73 Å². The SMILES string of the molecule is CC(C)CN1CCCC(N)C1c1ccc(Br)c(Br)c1. The average Bonchev–Trinajstić information content (AvgIpc) is 2.32. The third-order valence-corrected chi connectivity index (χ3v) is 5.55. The maximum Gasteiger partial charge on any atom is 0.0499 e. The van der Waals surface area contributed by atoms with Gasteiger partial charge in [0.2, 0.25) is 0 Å². The molecule has 0 aliphatic carbocycles. The normalized spacial score (nSPS) is 24.9. The fourth-order valence-corrected chi connectivity index (χ4v) is 3.57. The molecule has 1 heterocycles. The van der Waals surface area contributed by atoms with Gasteiger partial charge in [0.15, 0.2) is 0 Å². The van der Waals surface area contributed by atoms with E-state index in [2.05, 4.69) is 68.8 Å². The van der Waals surface area contributed by atoms with E-state index in [1.807, 2.05) is 0 Å². The Hall–Kier alpha value is 0.1000. The molecule has 0 spiro atoms. The number of hydrogen-bond donors (Lipinski definition) is 1. The van der Waals surface area contributed by atoms with Crippen molar-refractivity contribution in [2.75, 3.05) is 13.1 Å². The first-order valence-electron chi connectivity index (χ1n) is 6.93. The van der Waals surface area contributed by atoms with E-state index in [1.165, 1.54) is 12.0 Å². The Kier molecular flexibility index (Phi) is 5.46. The van der Waals surface area contributed by atoms with Crippen molar-refractivity contribution in [3.8, 4) is 0 Å². The number of nitrogens with zero attached hydrogens (tertiary/aromatic N) is 1. The maximum atomic E-state index is 6.40. The van der Waals surface area contributed by atoms with Gasteiger partial charge in [-0.1, -0.05) is 19.9 Å². The van der Waals surface area contributed by atoms with Crippen LogP contribution in [0.3, 0.4) is 0 Å². The maximum absolute atomic E-state index is 6.40. The summed E-state index contributed by atoms with van der Waals surface area (Å²) in [5.74, 6) is 0.673. The molecule has 2 unspecified atom stereocenters. The second-order valence-corrected chi connectivity index (χ2v) is 7.52. The van der Waals surface area contributed by atoms with Gasteiger partial charge in [0.25, 0.3) is 0 Å². The van der Waals surface area contributed by atoms with E-state index in [0.717, 1.165) is 28.5 Å².